The number of rotatable bonds is 0. The second kappa shape index (κ2) is 2.75. The van der Waals surface area contributed by atoms with Gasteiger partial charge in [-0.3, -0.25) is 0 Å². The monoisotopic (exact) mass is 241 g/mol. The average Bonchev–Trinajstić information content (AvgIpc) is 2.42. The van der Waals surface area contributed by atoms with Gasteiger partial charge in [-0.1, -0.05) is 22.0 Å². The summed E-state index contributed by atoms with van der Waals surface area (Å²) in [5.74, 6) is 0. The molecule has 1 heterocycles. The molecule has 0 bridgehead atoms. The Bertz CT molecular complexity index is 433. The van der Waals surface area contributed by atoms with Gasteiger partial charge >= 0.3 is 0 Å². The summed E-state index contributed by atoms with van der Waals surface area (Å²) in [7, 11) is 0. The maximum absolute atomic E-state index is 5.83. The molecule has 0 unspecified atom stereocenters. The number of benzene rings is 1. The van der Waals surface area contributed by atoms with Crippen LogP contribution in [0, 0.1) is 6.92 Å². The molecule has 0 atom stereocenters. The van der Waals surface area contributed by atoms with Crippen LogP contribution in [0.25, 0.3) is 10.1 Å². The van der Waals surface area contributed by atoms with Gasteiger partial charge in [0.05, 0.1) is 5.69 Å². The Hall–Kier alpha value is -0.540. The van der Waals surface area contributed by atoms with Crippen LogP contribution < -0.4 is 5.73 Å². The molecule has 0 amide bonds. The highest BCUT2D eigenvalue weighted by Gasteiger charge is 2.06. The van der Waals surface area contributed by atoms with E-state index in [4.69, 9.17) is 5.73 Å². The van der Waals surface area contributed by atoms with E-state index in [0.717, 1.165) is 15.5 Å². The summed E-state index contributed by atoms with van der Waals surface area (Å²) in [6, 6.07) is 4.14. The van der Waals surface area contributed by atoms with Gasteiger partial charge in [-0.2, -0.15) is 0 Å². The van der Waals surface area contributed by atoms with E-state index in [0.29, 0.717) is 0 Å². The first kappa shape index (κ1) is 8.08. The molecule has 2 aromatic rings. The highest BCUT2D eigenvalue weighted by atomic mass is 79.9. The maximum Gasteiger partial charge on any atom is 0.0514 e. The number of thiophene rings is 1. The van der Waals surface area contributed by atoms with E-state index in [1.807, 2.05) is 11.4 Å². The average molecular weight is 242 g/mol. The van der Waals surface area contributed by atoms with Crippen LogP contribution >= 0.6 is 27.3 Å². The molecule has 0 radical (unpaired) electrons. The van der Waals surface area contributed by atoms with Crippen molar-refractivity contribution >= 4 is 43.0 Å². The van der Waals surface area contributed by atoms with Gasteiger partial charge in [0.15, 0.2) is 0 Å². The molecule has 0 aliphatic heterocycles. The normalized spacial score (nSPS) is 10.8. The van der Waals surface area contributed by atoms with Crippen molar-refractivity contribution in [2.45, 2.75) is 6.92 Å². The molecule has 0 saturated carbocycles. The lowest BCUT2D eigenvalue weighted by molar-refractivity contribution is 1.55. The number of hydrogen-bond donors (Lipinski definition) is 1. The summed E-state index contributed by atoms with van der Waals surface area (Å²) in [4.78, 5) is 0. The van der Waals surface area contributed by atoms with Gasteiger partial charge in [-0.15, -0.1) is 11.3 Å². The third kappa shape index (κ3) is 1.04. The lowest BCUT2D eigenvalue weighted by Crippen LogP contribution is -1.82. The Morgan fingerprint density at radius 3 is 2.83 bits per heavy atom. The summed E-state index contributed by atoms with van der Waals surface area (Å²) >= 11 is 5.19. The van der Waals surface area contributed by atoms with Crippen LogP contribution in [-0.2, 0) is 0 Å². The summed E-state index contributed by atoms with van der Waals surface area (Å²) in [5, 5.41) is 3.14. The van der Waals surface area contributed by atoms with E-state index in [1.54, 1.807) is 11.3 Å². The molecule has 1 aromatic carbocycles. The minimum atomic E-state index is 0.866. The highest BCUT2D eigenvalue weighted by Crippen LogP contribution is 2.35. The fourth-order valence-electron chi connectivity index (χ4n) is 1.26. The van der Waals surface area contributed by atoms with Gasteiger partial charge in [0.1, 0.15) is 0 Å². The minimum Gasteiger partial charge on any atom is -0.398 e. The van der Waals surface area contributed by atoms with Crippen LogP contribution in [0.1, 0.15) is 5.56 Å². The molecule has 1 nitrogen and oxygen atoms in total. The molecule has 0 spiro atoms. The third-order valence-corrected chi connectivity index (χ3v) is 3.69. The van der Waals surface area contributed by atoms with Gasteiger partial charge in [0.2, 0.25) is 0 Å². The van der Waals surface area contributed by atoms with Crippen LogP contribution in [0.5, 0.6) is 0 Å². The molecule has 0 saturated heterocycles. The van der Waals surface area contributed by atoms with E-state index < -0.39 is 0 Å². The van der Waals surface area contributed by atoms with E-state index >= 15 is 0 Å². The topological polar surface area (TPSA) is 26.0 Å². The van der Waals surface area contributed by atoms with Gasteiger partial charge < -0.3 is 5.73 Å². The zero-order valence-corrected chi connectivity index (χ0v) is 9.00. The Kier molecular flexibility index (Phi) is 1.85. The van der Waals surface area contributed by atoms with E-state index in [9.17, 15) is 0 Å². The number of nitrogen functional groups attached to an aromatic ring is 1. The first-order chi connectivity index (χ1) is 5.70. The third-order valence-electron chi connectivity index (χ3n) is 1.90. The van der Waals surface area contributed by atoms with Gasteiger partial charge in [0, 0.05) is 19.9 Å². The first-order valence-corrected chi connectivity index (χ1v) is 5.29. The highest BCUT2D eigenvalue weighted by molar-refractivity contribution is 9.10. The van der Waals surface area contributed by atoms with Crippen molar-refractivity contribution < 1.29 is 0 Å². The van der Waals surface area contributed by atoms with Crippen LogP contribution in [0.2, 0.25) is 0 Å². The van der Waals surface area contributed by atoms with Crippen molar-refractivity contribution in [3.63, 3.8) is 0 Å². The van der Waals surface area contributed by atoms with Crippen molar-refractivity contribution in [1.29, 1.82) is 0 Å². The summed E-state index contributed by atoms with van der Waals surface area (Å²) < 4.78 is 2.36. The molecule has 0 fully saturated rings. The Morgan fingerprint density at radius 1 is 1.42 bits per heavy atom. The molecule has 62 valence electrons. The quantitative estimate of drug-likeness (QED) is 0.751. The molecule has 12 heavy (non-hydrogen) atoms. The van der Waals surface area contributed by atoms with Gasteiger partial charge in [-0.25, -0.2) is 0 Å². The van der Waals surface area contributed by atoms with Crippen LogP contribution in [0.15, 0.2) is 22.0 Å². The van der Waals surface area contributed by atoms with E-state index in [1.165, 1.54) is 10.3 Å². The lowest BCUT2D eigenvalue weighted by Gasteiger charge is -1.98. The standard InChI is InChI=1S/C9H8BrNS/c1-5-2-3-6(10)8-7(11)4-12-9(5)8/h2-4H,11H2,1H3. The van der Waals surface area contributed by atoms with Crippen molar-refractivity contribution in [2.75, 3.05) is 5.73 Å². The van der Waals surface area contributed by atoms with Crippen LogP contribution in [0.3, 0.4) is 0 Å². The molecule has 1 aromatic heterocycles. The smallest absolute Gasteiger partial charge is 0.0514 e. The van der Waals surface area contributed by atoms with Crippen molar-refractivity contribution in [1.82, 2.24) is 0 Å². The second-order valence-corrected chi connectivity index (χ2v) is 4.49. The van der Waals surface area contributed by atoms with Crippen molar-refractivity contribution in [3.8, 4) is 0 Å². The first-order valence-electron chi connectivity index (χ1n) is 3.62. The summed E-state index contributed by atoms with van der Waals surface area (Å²) in [6.07, 6.45) is 0. The van der Waals surface area contributed by atoms with E-state index in [-0.39, 0.29) is 0 Å². The number of aryl methyl sites for hydroxylation is 1. The van der Waals surface area contributed by atoms with Gasteiger partial charge in [0.25, 0.3) is 0 Å². The van der Waals surface area contributed by atoms with Crippen LogP contribution in [-0.4, -0.2) is 0 Å². The van der Waals surface area contributed by atoms with E-state index in [2.05, 4.69) is 28.9 Å². The number of anilines is 1. The predicted molar refractivity (Wildman–Crippen MR) is 58.7 cm³/mol. The minimum absolute atomic E-state index is 0.866. The van der Waals surface area contributed by atoms with Gasteiger partial charge in [-0.05, 0) is 18.6 Å². The largest absolute Gasteiger partial charge is 0.398 e. The molecule has 0 aliphatic rings. The molecule has 0 aliphatic carbocycles. The zero-order valence-electron chi connectivity index (χ0n) is 6.60. The second-order valence-electron chi connectivity index (χ2n) is 2.76. The number of fused-ring (bicyclic) bond motifs is 1. The molecule has 2 N–H and O–H groups in total. The number of nitrogens with two attached hydrogens (primary N) is 1. The predicted octanol–water partition coefficient (Wildman–Crippen LogP) is 3.55. The molecular formula is C9H8BrNS. The van der Waals surface area contributed by atoms with Crippen LogP contribution in [0.4, 0.5) is 5.69 Å². The zero-order chi connectivity index (χ0) is 8.72. The molecular weight excluding hydrogens is 234 g/mol. The maximum atomic E-state index is 5.83. The fraction of sp³-hybridized carbons (Fsp3) is 0.111. The summed E-state index contributed by atoms with van der Waals surface area (Å²) in [5.41, 5.74) is 7.98. The number of halogens is 1. The lowest BCUT2D eigenvalue weighted by atomic mass is 10.2. The van der Waals surface area contributed by atoms with Crippen molar-refractivity contribution in [2.24, 2.45) is 0 Å². The Morgan fingerprint density at radius 2 is 2.17 bits per heavy atom. The molecule has 3 heteroatoms. The fourth-order valence-corrected chi connectivity index (χ4v) is 2.92. The SMILES string of the molecule is Cc1ccc(Br)c2c(N)csc12. The summed E-state index contributed by atoms with van der Waals surface area (Å²) in [6.45, 7) is 2.10. The molecule has 2 rings (SSSR count). The van der Waals surface area contributed by atoms with Crippen molar-refractivity contribution in [3.05, 3.63) is 27.5 Å². The Labute approximate surface area is 83.3 Å². The Balaban J connectivity index is 2.98. The number of hydrogen-bond acceptors (Lipinski definition) is 2.